The van der Waals surface area contributed by atoms with Crippen molar-refractivity contribution in [1.82, 2.24) is 4.90 Å². The van der Waals surface area contributed by atoms with Crippen molar-refractivity contribution < 1.29 is 22.4 Å². The van der Waals surface area contributed by atoms with E-state index in [-0.39, 0.29) is 10.6 Å². The Labute approximate surface area is 154 Å². The normalized spacial score (nSPS) is 15.2. The van der Waals surface area contributed by atoms with Crippen molar-refractivity contribution >= 4 is 10.1 Å². The molecule has 0 amide bonds. The molecule has 2 aromatic rings. The monoisotopic (exact) mass is 377 g/mol. The maximum absolute atomic E-state index is 11.6. The van der Waals surface area contributed by atoms with Gasteiger partial charge in [-0.3, -0.25) is 9.45 Å². The summed E-state index contributed by atoms with van der Waals surface area (Å²) in [6, 6.07) is 11.8. The number of hydrogen-bond donors (Lipinski definition) is 1. The molecule has 0 aliphatic carbocycles. The van der Waals surface area contributed by atoms with Crippen molar-refractivity contribution in [2.75, 3.05) is 26.2 Å². The highest BCUT2D eigenvalue weighted by atomic mass is 32.2. The Bertz CT molecular complexity index is 843. The van der Waals surface area contributed by atoms with E-state index < -0.39 is 10.1 Å². The van der Waals surface area contributed by atoms with Gasteiger partial charge in [-0.25, -0.2) is 0 Å². The van der Waals surface area contributed by atoms with Crippen LogP contribution >= 0.6 is 0 Å². The molecule has 1 heterocycles. The molecular formula is C19H23NO5S. The summed E-state index contributed by atoms with van der Waals surface area (Å²) in [5.74, 6) is 1.29. The smallest absolute Gasteiger partial charge is 0.298 e. The molecule has 0 saturated carbocycles. The van der Waals surface area contributed by atoms with Crippen molar-refractivity contribution in [2.24, 2.45) is 0 Å². The zero-order valence-corrected chi connectivity index (χ0v) is 15.5. The number of likely N-dealkylation sites (tertiary alicyclic amines) is 1. The molecule has 1 saturated heterocycles. The predicted octanol–water partition coefficient (Wildman–Crippen LogP) is 3.51. The largest absolute Gasteiger partial charge is 0.492 e. The van der Waals surface area contributed by atoms with Gasteiger partial charge in [0.1, 0.15) is 28.8 Å². The van der Waals surface area contributed by atoms with Gasteiger partial charge in [0, 0.05) is 6.54 Å². The lowest BCUT2D eigenvalue weighted by Crippen LogP contribution is -2.25. The molecule has 0 unspecified atom stereocenters. The average Bonchev–Trinajstić information content (AvgIpc) is 3.09. The minimum absolute atomic E-state index is 0.0928. The van der Waals surface area contributed by atoms with E-state index in [2.05, 4.69) is 4.90 Å². The first kappa shape index (κ1) is 18.7. The fourth-order valence-corrected chi connectivity index (χ4v) is 3.91. The molecule has 0 aromatic heterocycles. The molecule has 0 radical (unpaired) electrons. The fourth-order valence-electron chi connectivity index (χ4n) is 3.07. The molecular weight excluding hydrogens is 354 g/mol. The second kappa shape index (κ2) is 8.07. The van der Waals surface area contributed by atoms with Crippen LogP contribution in [0.15, 0.2) is 47.4 Å². The van der Waals surface area contributed by atoms with Crippen molar-refractivity contribution in [1.29, 1.82) is 0 Å². The number of nitrogens with zero attached hydrogens (tertiary/aromatic N) is 1. The van der Waals surface area contributed by atoms with E-state index in [1.54, 1.807) is 43.3 Å². The van der Waals surface area contributed by atoms with E-state index in [9.17, 15) is 13.0 Å². The first-order chi connectivity index (χ1) is 12.4. The number of aryl methyl sites for hydroxylation is 1. The topological polar surface area (TPSA) is 76.1 Å². The molecule has 1 aliphatic heterocycles. The van der Waals surface area contributed by atoms with Crippen LogP contribution in [-0.4, -0.2) is 44.1 Å². The summed E-state index contributed by atoms with van der Waals surface area (Å²) in [7, 11) is -4.37. The lowest BCUT2D eigenvalue weighted by atomic mass is 10.2. The van der Waals surface area contributed by atoms with E-state index in [1.807, 2.05) is 0 Å². The molecule has 0 bridgehead atoms. The predicted molar refractivity (Wildman–Crippen MR) is 98.7 cm³/mol. The average molecular weight is 377 g/mol. The van der Waals surface area contributed by atoms with Crippen LogP contribution in [0.4, 0.5) is 0 Å². The first-order valence-corrected chi connectivity index (χ1v) is 10.1. The highest BCUT2D eigenvalue weighted by Crippen LogP contribution is 2.31. The van der Waals surface area contributed by atoms with Gasteiger partial charge in [-0.05, 0) is 68.8 Å². The fraction of sp³-hybridized carbons (Fsp3) is 0.368. The van der Waals surface area contributed by atoms with E-state index in [1.165, 1.54) is 18.9 Å². The quantitative estimate of drug-likeness (QED) is 0.744. The Hall–Kier alpha value is -2.09. The van der Waals surface area contributed by atoms with Gasteiger partial charge in [0.2, 0.25) is 0 Å². The molecule has 140 valence electrons. The SMILES string of the molecule is Cc1cccc(Oc2ccc(OCCN3CCCC3)cc2)c1S(=O)(=O)O. The van der Waals surface area contributed by atoms with Gasteiger partial charge in [0.25, 0.3) is 10.1 Å². The van der Waals surface area contributed by atoms with Crippen molar-refractivity contribution in [3.63, 3.8) is 0 Å². The van der Waals surface area contributed by atoms with Crippen LogP contribution < -0.4 is 9.47 Å². The van der Waals surface area contributed by atoms with Crippen molar-refractivity contribution in [3.05, 3.63) is 48.0 Å². The third-order valence-corrected chi connectivity index (χ3v) is 5.40. The molecule has 6 nitrogen and oxygen atoms in total. The molecule has 1 N–H and O–H groups in total. The Morgan fingerprint density at radius 1 is 1.04 bits per heavy atom. The minimum Gasteiger partial charge on any atom is -0.492 e. The van der Waals surface area contributed by atoms with Gasteiger partial charge in [0.05, 0.1) is 0 Å². The van der Waals surface area contributed by atoms with E-state index in [0.29, 0.717) is 17.9 Å². The molecule has 1 aliphatic rings. The maximum Gasteiger partial charge on any atom is 0.298 e. The molecule has 26 heavy (non-hydrogen) atoms. The van der Waals surface area contributed by atoms with Crippen LogP contribution in [0.5, 0.6) is 17.2 Å². The third kappa shape index (κ3) is 4.75. The Balaban J connectivity index is 1.63. The van der Waals surface area contributed by atoms with Gasteiger partial charge >= 0.3 is 0 Å². The molecule has 7 heteroatoms. The summed E-state index contributed by atoms with van der Waals surface area (Å²) in [5.41, 5.74) is 0.423. The van der Waals surface area contributed by atoms with Gasteiger partial charge in [0.15, 0.2) is 0 Å². The number of rotatable bonds is 7. The zero-order chi connectivity index (χ0) is 18.6. The Morgan fingerprint density at radius 2 is 1.69 bits per heavy atom. The second-order valence-corrected chi connectivity index (χ2v) is 7.71. The Kier molecular flexibility index (Phi) is 5.80. The second-order valence-electron chi connectivity index (χ2n) is 6.35. The summed E-state index contributed by atoms with van der Waals surface area (Å²) in [6.45, 7) is 5.43. The van der Waals surface area contributed by atoms with Gasteiger partial charge in [-0.2, -0.15) is 8.42 Å². The van der Waals surface area contributed by atoms with Crippen molar-refractivity contribution in [2.45, 2.75) is 24.7 Å². The highest BCUT2D eigenvalue weighted by Gasteiger charge is 2.20. The van der Waals surface area contributed by atoms with Crippen LogP contribution in [0.25, 0.3) is 0 Å². The third-order valence-electron chi connectivity index (χ3n) is 4.36. The van der Waals surface area contributed by atoms with Crippen LogP contribution in [0.2, 0.25) is 0 Å². The zero-order valence-electron chi connectivity index (χ0n) is 14.7. The van der Waals surface area contributed by atoms with Gasteiger partial charge in [-0.1, -0.05) is 12.1 Å². The Morgan fingerprint density at radius 3 is 2.35 bits per heavy atom. The highest BCUT2D eigenvalue weighted by molar-refractivity contribution is 7.86. The van der Waals surface area contributed by atoms with E-state index in [4.69, 9.17) is 9.47 Å². The molecule has 3 rings (SSSR count). The summed E-state index contributed by atoms with van der Waals surface area (Å²) in [6.07, 6.45) is 2.52. The van der Waals surface area contributed by atoms with Crippen LogP contribution in [0.3, 0.4) is 0 Å². The van der Waals surface area contributed by atoms with E-state index >= 15 is 0 Å². The summed E-state index contributed by atoms with van der Waals surface area (Å²) < 4.78 is 44.0. The van der Waals surface area contributed by atoms with Gasteiger partial charge in [-0.15, -0.1) is 0 Å². The maximum atomic E-state index is 11.6. The van der Waals surface area contributed by atoms with Crippen LogP contribution in [0, 0.1) is 6.92 Å². The molecule has 0 spiro atoms. The van der Waals surface area contributed by atoms with E-state index in [0.717, 1.165) is 25.4 Å². The van der Waals surface area contributed by atoms with Gasteiger partial charge < -0.3 is 9.47 Å². The summed E-state index contributed by atoms with van der Waals surface area (Å²) >= 11 is 0. The first-order valence-electron chi connectivity index (χ1n) is 8.64. The summed E-state index contributed by atoms with van der Waals surface area (Å²) in [5, 5.41) is 0. The number of hydrogen-bond acceptors (Lipinski definition) is 5. The number of benzene rings is 2. The molecule has 1 fully saturated rings. The minimum atomic E-state index is -4.37. The standard InChI is InChI=1S/C19H23NO5S/c1-15-5-4-6-18(19(15)26(21,22)23)25-17-9-7-16(8-10-17)24-14-13-20-11-2-3-12-20/h4-10H,2-3,11-14H2,1H3,(H,21,22,23). The lowest BCUT2D eigenvalue weighted by molar-refractivity contribution is 0.237. The summed E-state index contributed by atoms with van der Waals surface area (Å²) in [4.78, 5) is 2.16. The molecule has 0 atom stereocenters. The molecule has 2 aromatic carbocycles. The lowest BCUT2D eigenvalue weighted by Gasteiger charge is -2.15. The number of ether oxygens (including phenoxy) is 2. The van der Waals surface area contributed by atoms with Crippen LogP contribution in [-0.2, 0) is 10.1 Å². The van der Waals surface area contributed by atoms with Crippen LogP contribution in [0.1, 0.15) is 18.4 Å². The van der Waals surface area contributed by atoms with Crippen molar-refractivity contribution in [3.8, 4) is 17.2 Å².